The lowest BCUT2D eigenvalue weighted by Gasteiger charge is -2.41. The van der Waals surface area contributed by atoms with Crippen LogP contribution in [-0.4, -0.2) is 16.6 Å². The van der Waals surface area contributed by atoms with Crippen molar-refractivity contribution in [2.24, 2.45) is 11.1 Å². The zero-order valence-corrected chi connectivity index (χ0v) is 11.5. The van der Waals surface area contributed by atoms with Crippen molar-refractivity contribution in [2.45, 2.75) is 25.4 Å². The average molecular weight is 268 g/mol. The topological polar surface area (TPSA) is 59.1 Å². The molecule has 1 aromatic heterocycles. The number of pyridine rings is 1. The highest BCUT2D eigenvalue weighted by atomic mass is 16.3. The van der Waals surface area contributed by atoms with E-state index in [0.29, 0.717) is 6.54 Å². The molecule has 0 aliphatic heterocycles. The molecule has 0 spiro atoms. The predicted molar refractivity (Wildman–Crippen MR) is 79.2 cm³/mol. The highest BCUT2D eigenvalue weighted by Gasteiger charge is 2.40. The number of nitrogens with zero attached hydrogens (tertiary/aromatic N) is 1. The van der Waals surface area contributed by atoms with Crippen molar-refractivity contribution in [1.29, 1.82) is 0 Å². The summed E-state index contributed by atoms with van der Waals surface area (Å²) in [4.78, 5) is 4.11. The number of benzene rings is 1. The van der Waals surface area contributed by atoms with E-state index in [1.54, 1.807) is 12.4 Å². The second-order valence-corrected chi connectivity index (χ2v) is 5.70. The van der Waals surface area contributed by atoms with Gasteiger partial charge in [-0.3, -0.25) is 4.98 Å². The third kappa shape index (κ3) is 2.23. The second-order valence-electron chi connectivity index (χ2n) is 5.70. The molecule has 0 amide bonds. The van der Waals surface area contributed by atoms with Gasteiger partial charge in [-0.25, -0.2) is 0 Å². The van der Waals surface area contributed by atoms with Crippen LogP contribution in [0.15, 0.2) is 48.8 Å². The van der Waals surface area contributed by atoms with Crippen molar-refractivity contribution >= 4 is 0 Å². The van der Waals surface area contributed by atoms with E-state index in [2.05, 4.69) is 29.2 Å². The van der Waals surface area contributed by atoms with E-state index in [1.165, 1.54) is 11.1 Å². The van der Waals surface area contributed by atoms with Crippen molar-refractivity contribution in [3.8, 4) is 0 Å². The number of aliphatic hydroxyl groups excluding tert-OH is 1. The van der Waals surface area contributed by atoms with Gasteiger partial charge in [0.1, 0.15) is 0 Å². The fraction of sp³-hybridized carbons (Fsp3) is 0.353. The van der Waals surface area contributed by atoms with E-state index in [1.807, 2.05) is 12.1 Å². The third-order valence-electron chi connectivity index (χ3n) is 4.54. The molecule has 3 N–H and O–H groups in total. The van der Waals surface area contributed by atoms with Crippen LogP contribution in [0.2, 0.25) is 0 Å². The molecule has 2 aromatic rings. The summed E-state index contributed by atoms with van der Waals surface area (Å²) in [6.45, 7) is 0.484. The molecule has 1 aliphatic rings. The summed E-state index contributed by atoms with van der Waals surface area (Å²) in [5.74, 6) is 0. The van der Waals surface area contributed by atoms with Gasteiger partial charge in [0.15, 0.2) is 0 Å². The third-order valence-corrected chi connectivity index (χ3v) is 4.54. The number of hydrogen-bond acceptors (Lipinski definition) is 3. The monoisotopic (exact) mass is 268 g/mol. The fourth-order valence-corrected chi connectivity index (χ4v) is 3.24. The lowest BCUT2D eigenvalue weighted by atomic mass is 9.67. The van der Waals surface area contributed by atoms with Gasteiger partial charge in [-0.05, 0) is 42.0 Å². The molecule has 0 saturated carbocycles. The SMILES string of the molecule is NCC1(C(O)c2cccnc2)CCc2ccccc2C1. The van der Waals surface area contributed by atoms with E-state index < -0.39 is 6.10 Å². The summed E-state index contributed by atoms with van der Waals surface area (Å²) in [7, 11) is 0. The van der Waals surface area contributed by atoms with Crippen LogP contribution in [0, 0.1) is 5.41 Å². The first-order valence-electron chi connectivity index (χ1n) is 7.10. The van der Waals surface area contributed by atoms with Crippen LogP contribution < -0.4 is 5.73 Å². The molecule has 1 aromatic carbocycles. The van der Waals surface area contributed by atoms with Crippen LogP contribution in [0.1, 0.15) is 29.2 Å². The van der Waals surface area contributed by atoms with E-state index in [9.17, 15) is 5.11 Å². The van der Waals surface area contributed by atoms with Gasteiger partial charge in [0.05, 0.1) is 6.10 Å². The zero-order chi connectivity index (χ0) is 14.0. The first kappa shape index (κ1) is 13.3. The Bertz CT molecular complexity index is 585. The van der Waals surface area contributed by atoms with E-state index in [0.717, 1.165) is 24.8 Å². The minimum absolute atomic E-state index is 0.280. The van der Waals surface area contributed by atoms with Gasteiger partial charge < -0.3 is 10.8 Å². The number of rotatable bonds is 3. The lowest BCUT2D eigenvalue weighted by Crippen LogP contribution is -2.41. The maximum absolute atomic E-state index is 10.8. The van der Waals surface area contributed by atoms with Crippen LogP contribution in [0.4, 0.5) is 0 Å². The second kappa shape index (κ2) is 5.35. The minimum Gasteiger partial charge on any atom is -0.388 e. The lowest BCUT2D eigenvalue weighted by molar-refractivity contribution is 0.0175. The molecule has 1 heterocycles. The van der Waals surface area contributed by atoms with Gasteiger partial charge in [-0.1, -0.05) is 30.3 Å². The summed E-state index contributed by atoms with van der Waals surface area (Å²) in [5, 5.41) is 10.8. The van der Waals surface area contributed by atoms with E-state index in [4.69, 9.17) is 5.73 Å². The quantitative estimate of drug-likeness (QED) is 0.897. The standard InChI is InChI=1S/C17H20N2O/c18-12-17(16(20)15-6-3-9-19-11-15)8-7-13-4-1-2-5-14(13)10-17/h1-6,9,11,16,20H,7-8,10,12,18H2. The van der Waals surface area contributed by atoms with Gasteiger partial charge in [-0.15, -0.1) is 0 Å². The van der Waals surface area contributed by atoms with Crippen LogP contribution in [-0.2, 0) is 12.8 Å². The average Bonchev–Trinajstić information content (AvgIpc) is 2.54. The van der Waals surface area contributed by atoms with Crippen molar-refractivity contribution in [3.05, 3.63) is 65.5 Å². The van der Waals surface area contributed by atoms with Crippen LogP contribution >= 0.6 is 0 Å². The molecule has 3 nitrogen and oxygen atoms in total. The molecule has 0 bridgehead atoms. The van der Waals surface area contributed by atoms with Crippen LogP contribution in [0.3, 0.4) is 0 Å². The number of aromatic nitrogens is 1. The summed E-state index contributed by atoms with van der Waals surface area (Å²) in [6, 6.07) is 12.2. The fourth-order valence-electron chi connectivity index (χ4n) is 3.24. The molecular weight excluding hydrogens is 248 g/mol. The molecule has 20 heavy (non-hydrogen) atoms. The zero-order valence-electron chi connectivity index (χ0n) is 11.5. The molecule has 2 unspecified atom stereocenters. The van der Waals surface area contributed by atoms with Gasteiger partial charge in [0, 0.05) is 24.4 Å². The highest BCUT2D eigenvalue weighted by molar-refractivity contribution is 5.32. The number of hydrogen-bond donors (Lipinski definition) is 2. The Hall–Kier alpha value is -1.71. The predicted octanol–water partition coefficient (Wildman–Crippen LogP) is 2.25. The van der Waals surface area contributed by atoms with Crippen molar-refractivity contribution in [2.75, 3.05) is 6.54 Å². The Morgan fingerprint density at radius 2 is 2.00 bits per heavy atom. The number of nitrogens with two attached hydrogens (primary N) is 1. The molecule has 0 radical (unpaired) electrons. The van der Waals surface area contributed by atoms with Gasteiger partial charge in [-0.2, -0.15) is 0 Å². The Labute approximate surface area is 119 Å². The maximum Gasteiger partial charge on any atom is 0.0876 e. The summed E-state index contributed by atoms with van der Waals surface area (Å²) < 4.78 is 0. The Morgan fingerprint density at radius 1 is 1.20 bits per heavy atom. The summed E-state index contributed by atoms with van der Waals surface area (Å²) in [6.07, 6.45) is 5.62. The maximum atomic E-state index is 10.8. The van der Waals surface area contributed by atoms with Gasteiger partial charge in [0.25, 0.3) is 0 Å². The van der Waals surface area contributed by atoms with Gasteiger partial charge >= 0.3 is 0 Å². The first-order valence-corrected chi connectivity index (χ1v) is 7.10. The van der Waals surface area contributed by atoms with Crippen LogP contribution in [0.5, 0.6) is 0 Å². The minimum atomic E-state index is -0.561. The van der Waals surface area contributed by atoms with Crippen molar-refractivity contribution < 1.29 is 5.11 Å². The Kier molecular flexibility index (Phi) is 3.55. The molecule has 3 rings (SSSR count). The number of fused-ring (bicyclic) bond motifs is 1. The Balaban J connectivity index is 1.94. The summed E-state index contributed by atoms with van der Waals surface area (Å²) in [5.41, 5.74) is 9.33. The molecule has 0 fully saturated rings. The highest BCUT2D eigenvalue weighted by Crippen LogP contribution is 2.43. The van der Waals surface area contributed by atoms with Gasteiger partial charge in [0.2, 0.25) is 0 Å². The molecule has 2 atom stereocenters. The summed E-state index contributed by atoms with van der Waals surface area (Å²) >= 11 is 0. The molecule has 104 valence electrons. The first-order chi connectivity index (χ1) is 9.75. The molecule has 3 heteroatoms. The number of aliphatic hydroxyl groups is 1. The number of aryl methyl sites for hydroxylation is 1. The smallest absolute Gasteiger partial charge is 0.0876 e. The normalized spacial score (nSPS) is 23.1. The molecule has 0 saturated heterocycles. The van der Waals surface area contributed by atoms with Crippen molar-refractivity contribution in [3.63, 3.8) is 0 Å². The molecule has 1 aliphatic carbocycles. The molecular formula is C17H20N2O. The Morgan fingerprint density at radius 3 is 2.70 bits per heavy atom. The largest absolute Gasteiger partial charge is 0.388 e. The van der Waals surface area contributed by atoms with Crippen LogP contribution in [0.25, 0.3) is 0 Å². The van der Waals surface area contributed by atoms with Crippen molar-refractivity contribution in [1.82, 2.24) is 4.98 Å². The van der Waals surface area contributed by atoms with E-state index >= 15 is 0 Å². The van der Waals surface area contributed by atoms with E-state index in [-0.39, 0.29) is 5.41 Å².